The van der Waals surface area contributed by atoms with Crippen molar-refractivity contribution in [2.45, 2.75) is 23.8 Å². The number of aromatic nitrogens is 1. The minimum atomic E-state index is -0.0536. The van der Waals surface area contributed by atoms with Crippen LogP contribution in [-0.4, -0.2) is 42.0 Å². The second-order valence-corrected chi connectivity index (χ2v) is 6.04. The fraction of sp³-hybridized carbons (Fsp3) is 0.375. The number of nitrogens with zero attached hydrogens (tertiary/aromatic N) is 2. The van der Waals surface area contributed by atoms with Gasteiger partial charge in [-0.05, 0) is 45.1 Å². The molecule has 1 saturated heterocycles. The van der Waals surface area contributed by atoms with Crippen LogP contribution in [0.5, 0.6) is 0 Å². The zero-order chi connectivity index (χ0) is 14.8. The molecule has 5 heteroatoms. The topological polar surface area (TPSA) is 45.2 Å². The molecule has 1 aliphatic heterocycles. The Hall–Kier alpha value is -1.59. The Kier molecular flexibility index (Phi) is 4.12. The summed E-state index contributed by atoms with van der Waals surface area (Å²) in [6.45, 7) is 2.05. The first-order valence-electron chi connectivity index (χ1n) is 7.21. The Morgan fingerprint density at radius 2 is 2.10 bits per heavy atom. The van der Waals surface area contributed by atoms with Gasteiger partial charge in [-0.2, -0.15) is 0 Å². The van der Waals surface area contributed by atoms with Gasteiger partial charge in [0.05, 0.1) is 11.1 Å². The molecule has 0 atom stereocenters. The number of nitrogens with one attached hydrogen (secondary N) is 1. The van der Waals surface area contributed by atoms with Gasteiger partial charge in [-0.15, -0.1) is 12.6 Å². The van der Waals surface area contributed by atoms with Gasteiger partial charge in [0, 0.05) is 22.5 Å². The number of pyridine rings is 1. The highest BCUT2D eigenvalue weighted by Gasteiger charge is 2.20. The lowest BCUT2D eigenvalue weighted by Gasteiger charge is -2.29. The number of fused-ring (bicyclic) bond motifs is 1. The summed E-state index contributed by atoms with van der Waals surface area (Å²) in [4.78, 5) is 19.7. The summed E-state index contributed by atoms with van der Waals surface area (Å²) >= 11 is 4.50. The SMILES string of the molecule is CN1CCC(NC(=O)c2ccc3cccnc3c2S)CC1. The molecule has 1 aliphatic rings. The Labute approximate surface area is 130 Å². The zero-order valence-corrected chi connectivity index (χ0v) is 12.9. The molecule has 2 heterocycles. The molecule has 1 aromatic carbocycles. The minimum Gasteiger partial charge on any atom is -0.349 e. The monoisotopic (exact) mass is 301 g/mol. The lowest BCUT2D eigenvalue weighted by Crippen LogP contribution is -2.43. The maximum absolute atomic E-state index is 12.5. The standard InChI is InChI=1S/C16H19N3OS/c1-19-9-6-12(7-10-19)18-16(20)13-5-4-11-3-2-8-17-14(11)15(13)21/h2-5,8,12,21H,6-7,9-10H2,1H3,(H,18,20). The van der Waals surface area contributed by atoms with E-state index < -0.39 is 0 Å². The number of carbonyl (C=O) groups is 1. The van der Waals surface area contributed by atoms with E-state index in [1.165, 1.54) is 0 Å². The van der Waals surface area contributed by atoms with Crippen LogP contribution >= 0.6 is 12.6 Å². The number of likely N-dealkylation sites (tertiary alicyclic amines) is 1. The van der Waals surface area contributed by atoms with Crippen LogP contribution < -0.4 is 5.32 Å². The van der Waals surface area contributed by atoms with E-state index in [1.807, 2.05) is 24.3 Å². The van der Waals surface area contributed by atoms with Gasteiger partial charge in [0.15, 0.2) is 0 Å². The van der Waals surface area contributed by atoms with E-state index in [9.17, 15) is 4.79 Å². The van der Waals surface area contributed by atoms with Crippen LogP contribution in [0.2, 0.25) is 0 Å². The van der Waals surface area contributed by atoms with Gasteiger partial charge in [0.1, 0.15) is 0 Å². The normalized spacial score (nSPS) is 17.0. The first-order valence-corrected chi connectivity index (χ1v) is 7.66. The summed E-state index contributed by atoms with van der Waals surface area (Å²) in [5, 5.41) is 4.12. The highest BCUT2D eigenvalue weighted by atomic mass is 32.1. The van der Waals surface area contributed by atoms with Crippen molar-refractivity contribution in [2.24, 2.45) is 0 Å². The van der Waals surface area contributed by atoms with Crippen molar-refractivity contribution in [3.8, 4) is 0 Å². The van der Waals surface area contributed by atoms with E-state index in [2.05, 4.69) is 34.9 Å². The van der Waals surface area contributed by atoms with Crippen molar-refractivity contribution in [3.05, 3.63) is 36.0 Å². The quantitative estimate of drug-likeness (QED) is 0.837. The predicted molar refractivity (Wildman–Crippen MR) is 87.0 cm³/mol. The van der Waals surface area contributed by atoms with Crippen molar-refractivity contribution in [2.75, 3.05) is 20.1 Å². The van der Waals surface area contributed by atoms with Crippen LogP contribution in [0.4, 0.5) is 0 Å². The molecular formula is C16H19N3OS. The number of rotatable bonds is 2. The first-order chi connectivity index (χ1) is 10.1. The largest absolute Gasteiger partial charge is 0.349 e. The fourth-order valence-electron chi connectivity index (χ4n) is 2.73. The molecule has 0 spiro atoms. The molecule has 21 heavy (non-hydrogen) atoms. The first kappa shape index (κ1) is 14.4. The van der Waals surface area contributed by atoms with Crippen LogP contribution in [0.1, 0.15) is 23.2 Å². The van der Waals surface area contributed by atoms with Crippen molar-refractivity contribution < 1.29 is 4.79 Å². The maximum Gasteiger partial charge on any atom is 0.252 e. The van der Waals surface area contributed by atoms with Gasteiger partial charge in [0.2, 0.25) is 0 Å². The highest BCUT2D eigenvalue weighted by Crippen LogP contribution is 2.24. The van der Waals surface area contributed by atoms with Crippen molar-refractivity contribution in [3.63, 3.8) is 0 Å². The molecule has 4 nitrogen and oxygen atoms in total. The fourth-order valence-corrected chi connectivity index (χ4v) is 3.09. The average Bonchev–Trinajstić information content (AvgIpc) is 2.50. The molecule has 1 amide bonds. The summed E-state index contributed by atoms with van der Waals surface area (Å²) < 4.78 is 0. The van der Waals surface area contributed by atoms with Gasteiger partial charge in [-0.25, -0.2) is 0 Å². The maximum atomic E-state index is 12.5. The predicted octanol–water partition coefficient (Wildman–Crippen LogP) is 2.35. The average molecular weight is 301 g/mol. The smallest absolute Gasteiger partial charge is 0.252 e. The van der Waals surface area contributed by atoms with Gasteiger partial charge in [-0.3, -0.25) is 9.78 Å². The number of thiol groups is 1. The number of amides is 1. The van der Waals surface area contributed by atoms with Crippen molar-refractivity contribution in [1.29, 1.82) is 0 Å². The lowest BCUT2D eigenvalue weighted by molar-refractivity contribution is 0.0914. The molecule has 0 aliphatic carbocycles. The van der Waals surface area contributed by atoms with Crippen molar-refractivity contribution >= 4 is 29.4 Å². The molecule has 0 bridgehead atoms. The Balaban J connectivity index is 1.80. The number of hydrogen-bond donors (Lipinski definition) is 2. The Morgan fingerprint density at radius 1 is 1.33 bits per heavy atom. The van der Waals surface area contributed by atoms with Gasteiger partial charge in [0.25, 0.3) is 5.91 Å². The third-order valence-corrected chi connectivity index (χ3v) is 4.50. The second-order valence-electron chi connectivity index (χ2n) is 5.59. The number of hydrogen-bond acceptors (Lipinski definition) is 4. The van der Waals surface area contributed by atoms with E-state index in [0.29, 0.717) is 10.5 Å². The van der Waals surface area contributed by atoms with E-state index >= 15 is 0 Å². The Morgan fingerprint density at radius 3 is 2.86 bits per heavy atom. The van der Waals surface area contributed by atoms with Gasteiger partial charge < -0.3 is 10.2 Å². The van der Waals surface area contributed by atoms with Crippen LogP contribution in [0.15, 0.2) is 35.4 Å². The zero-order valence-electron chi connectivity index (χ0n) is 12.0. The van der Waals surface area contributed by atoms with E-state index in [-0.39, 0.29) is 11.9 Å². The third kappa shape index (κ3) is 3.04. The van der Waals surface area contributed by atoms with E-state index in [4.69, 9.17) is 0 Å². The molecule has 110 valence electrons. The molecule has 1 N–H and O–H groups in total. The molecule has 0 unspecified atom stereocenters. The summed E-state index contributed by atoms with van der Waals surface area (Å²) in [6, 6.07) is 7.86. The molecular weight excluding hydrogens is 282 g/mol. The lowest BCUT2D eigenvalue weighted by atomic mass is 10.0. The number of benzene rings is 1. The summed E-state index contributed by atoms with van der Waals surface area (Å²) in [5.74, 6) is -0.0536. The Bertz CT molecular complexity index is 666. The molecule has 3 rings (SSSR count). The molecule has 1 fully saturated rings. The van der Waals surface area contributed by atoms with Crippen LogP contribution in [-0.2, 0) is 0 Å². The molecule has 0 saturated carbocycles. The van der Waals surface area contributed by atoms with Crippen LogP contribution in [0, 0.1) is 0 Å². The number of piperidine rings is 1. The highest BCUT2D eigenvalue weighted by molar-refractivity contribution is 7.80. The van der Waals surface area contributed by atoms with E-state index in [1.54, 1.807) is 6.20 Å². The van der Waals surface area contributed by atoms with Crippen LogP contribution in [0.3, 0.4) is 0 Å². The second kappa shape index (κ2) is 6.03. The summed E-state index contributed by atoms with van der Waals surface area (Å²) in [5.41, 5.74) is 1.38. The molecule has 0 radical (unpaired) electrons. The van der Waals surface area contributed by atoms with Gasteiger partial charge in [-0.1, -0.05) is 12.1 Å². The molecule has 1 aromatic heterocycles. The number of carbonyl (C=O) groups excluding carboxylic acids is 1. The molecule has 2 aromatic rings. The van der Waals surface area contributed by atoms with Crippen LogP contribution in [0.25, 0.3) is 10.9 Å². The van der Waals surface area contributed by atoms with E-state index in [0.717, 1.165) is 36.8 Å². The minimum absolute atomic E-state index is 0.0536. The van der Waals surface area contributed by atoms with Crippen molar-refractivity contribution in [1.82, 2.24) is 15.2 Å². The van der Waals surface area contributed by atoms with Gasteiger partial charge >= 0.3 is 0 Å². The summed E-state index contributed by atoms with van der Waals surface area (Å²) in [6.07, 6.45) is 3.71. The summed E-state index contributed by atoms with van der Waals surface area (Å²) in [7, 11) is 2.11. The third-order valence-electron chi connectivity index (χ3n) is 4.05.